The van der Waals surface area contributed by atoms with Gasteiger partial charge in [0, 0.05) is 5.41 Å². The Morgan fingerprint density at radius 3 is 1.50 bits per heavy atom. The van der Waals surface area contributed by atoms with Crippen LogP contribution in [0, 0.1) is 5.41 Å². The molecule has 0 radical (unpaired) electrons. The van der Waals surface area contributed by atoms with E-state index in [1.165, 1.54) is 11.1 Å². The summed E-state index contributed by atoms with van der Waals surface area (Å²) in [7, 11) is 0. The predicted octanol–water partition coefficient (Wildman–Crippen LogP) is 7.95. The molecule has 0 aliphatic heterocycles. The van der Waals surface area contributed by atoms with Gasteiger partial charge in [0.05, 0.1) is 0 Å². The maximum Gasteiger partial charge on any atom is 0.115 e. The third-order valence-electron chi connectivity index (χ3n) is 5.15. The molecule has 0 heterocycles. The Morgan fingerprint density at radius 2 is 1.12 bits per heavy atom. The van der Waals surface area contributed by atoms with Gasteiger partial charge in [-0.2, -0.15) is 0 Å². The highest BCUT2D eigenvalue weighted by Crippen LogP contribution is 2.47. The van der Waals surface area contributed by atoms with Gasteiger partial charge in [-0.25, -0.2) is 0 Å². The van der Waals surface area contributed by atoms with Gasteiger partial charge in [0.25, 0.3) is 0 Å². The molecule has 0 saturated carbocycles. The minimum absolute atomic E-state index is 0.138. The molecule has 0 bridgehead atoms. The molecular formula is C30H32O2. The normalized spacial score (nSPS) is 13.3. The number of hydrogen-bond donors (Lipinski definition) is 2. The highest BCUT2D eigenvalue weighted by molar-refractivity contribution is 5.73. The lowest BCUT2D eigenvalue weighted by Crippen LogP contribution is -2.22. The summed E-state index contributed by atoms with van der Waals surface area (Å²) in [5, 5.41) is 17.3. The Bertz CT molecular complexity index is 934. The maximum absolute atomic E-state index is 8.63. The molecule has 3 aromatic carbocycles. The van der Waals surface area contributed by atoms with Gasteiger partial charge in [0.15, 0.2) is 0 Å². The molecule has 0 aromatic heterocycles. The maximum atomic E-state index is 8.63. The Labute approximate surface area is 192 Å². The van der Waals surface area contributed by atoms with Crippen molar-refractivity contribution in [1.29, 1.82) is 0 Å². The molecule has 0 atom stereocenters. The number of rotatable bonds is 5. The molecular weight excluding hydrogens is 392 g/mol. The van der Waals surface area contributed by atoms with Crippen molar-refractivity contribution in [3.63, 3.8) is 0 Å². The summed E-state index contributed by atoms with van der Waals surface area (Å²) in [6, 6.07) is 28.1. The Kier molecular flexibility index (Phi) is 10.3. The number of benzene rings is 3. The highest BCUT2D eigenvalue weighted by atomic mass is 16.3. The first kappa shape index (κ1) is 24.5. The van der Waals surface area contributed by atoms with Crippen LogP contribution < -0.4 is 0 Å². The SMILES string of the molecule is C=CCC1(CC=C)CC=CC=C1c1ccccc1.Oc1ccccc1.Oc1ccccc1. The molecule has 3 aromatic rings. The van der Waals surface area contributed by atoms with Crippen molar-refractivity contribution in [2.75, 3.05) is 0 Å². The van der Waals surface area contributed by atoms with E-state index in [1.54, 1.807) is 48.5 Å². The quantitative estimate of drug-likeness (QED) is 0.408. The zero-order valence-corrected chi connectivity index (χ0v) is 18.5. The molecule has 0 unspecified atom stereocenters. The van der Waals surface area contributed by atoms with Gasteiger partial charge < -0.3 is 10.2 Å². The van der Waals surface area contributed by atoms with Crippen LogP contribution in [0.2, 0.25) is 0 Å². The Morgan fingerprint density at radius 1 is 0.688 bits per heavy atom. The Hall–Kier alpha value is -3.78. The number of allylic oxidation sites excluding steroid dienone is 6. The van der Waals surface area contributed by atoms with Crippen LogP contribution in [0.3, 0.4) is 0 Å². The lowest BCUT2D eigenvalue weighted by molar-refractivity contribution is 0.413. The first-order valence-corrected chi connectivity index (χ1v) is 10.7. The topological polar surface area (TPSA) is 40.5 Å². The van der Waals surface area contributed by atoms with Gasteiger partial charge in [0.1, 0.15) is 11.5 Å². The third-order valence-corrected chi connectivity index (χ3v) is 5.15. The van der Waals surface area contributed by atoms with Gasteiger partial charge >= 0.3 is 0 Å². The summed E-state index contributed by atoms with van der Waals surface area (Å²) in [6.45, 7) is 7.85. The zero-order chi connectivity index (χ0) is 23.1. The summed E-state index contributed by atoms with van der Waals surface area (Å²) in [6.07, 6.45) is 13.7. The molecule has 4 rings (SSSR count). The molecule has 2 heteroatoms. The lowest BCUT2D eigenvalue weighted by Gasteiger charge is -2.36. The molecule has 0 spiro atoms. The summed E-state index contributed by atoms with van der Waals surface area (Å²) in [5.74, 6) is 0.644. The van der Waals surface area contributed by atoms with Crippen LogP contribution in [0.15, 0.2) is 135 Å². The average molecular weight is 425 g/mol. The van der Waals surface area contributed by atoms with E-state index < -0.39 is 0 Å². The number of para-hydroxylation sites is 2. The predicted molar refractivity (Wildman–Crippen MR) is 136 cm³/mol. The van der Waals surface area contributed by atoms with Crippen molar-refractivity contribution < 1.29 is 10.2 Å². The number of hydrogen-bond acceptors (Lipinski definition) is 2. The second-order valence-corrected chi connectivity index (χ2v) is 7.52. The number of aromatic hydroxyl groups is 2. The largest absolute Gasteiger partial charge is 0.508 e. The highest BCUT2D eigenvalue weighted by Gasteiger charge is 2.32. The number of phenolic OH excluding ortho intramolecular Hbond substituents is 2. The van der Waals surface area contributed by atoms with E-state index in [1.807, 2.05) is 24.3 Å². The minimum atomic E-state index is 0.138. The molecule has 2 nitrogen and oxygen atoms in total. The summed E-state index contributed by atoms with van der Waals surface area (Å²) < 4.78 is 0. The molecule has 2 N–H and O–H groups in total. The van der Waals surface area contributed by atoms with E-state index >= 15 is 0 Å². The van der Waals surface area contributed by atoms with Crippen LogP contribution in [0.1, 0.15) is 24.8 Å². The molecule has 164 valence electrons. The van der Waals surface area contributed by atoms with E-state index in [0.717, 1.165) is 19.3 Å². The molecule has 32 heavy (non-hydrogen) atoms. The summed E-state index contributed by atoms with van der Waals surface area (Å²) in [5.41, 5.74) is 2.86. The summed E-state index contributed by atoms with van der Waals surface area (Å²) in [4.78, 5) is 0. The van der Waals surface area contributed by atoms with Crippen molar-refractivity contribution in [3.8, 4) is 11.5 Å². The van der Waals surface area contributed by atoms with Crippen LogP contribution >= 0.6 is 0 Å². The van der Waals surface area contributed by atoms with E-state index in [-0.39, 0.29) is 5.41 Å². The van der Waals surface area contributed by atoms with Gasteiger partial charge in [-0.15, -0.1) is 13.2 Å². The standard InChI is InChI=1S/C18H20.2C6H6O/c1-3-13-18(14-4-2)15-9-8-12-17(18)16-10-6-5-7-11-16;2*7-6-4-2-1-3-5-6/h3-12H,1-2,13-15H2;2*1-5,7H. The number of phenols is 2. The van der Waals surface area contributed by atoms with Crippen molar-refractivity contribution in [2.45, 2.75) is 19.3 Å². The fraction of sp³-hybridized carbons (Fsp3) is 0.133. The van der Waals surface area contributed by atoms with Crippen molar-refractivity contribution in [2.24, 2.45) is 5.41 Å². The molecule has 0 saturated heterocycles. The van der Waals surface area contributed by atoms with Crippen LogP contribution in [-0.2, 0) is 0 Å². The lowest BCUT2D eigenvalue weighted by atomic mass is 9.68. The van der Waals surface area contributed by atoms with Crippen LogP contribution in [0.25, 0.3) is 5.57 Å². The van der Waals surface area contributed by atoms with Crippen molar-refractivity contribution >= 4 is 5.57 Å². The van der Waals surface area contributed by atoms with Crippen LogP contribution in [0.4, 0.5) is 0 Å². The fourth-order valence-electron chi connectivity index (χ4n) is 3.64. The minimum Gasteiger partial charge on any atom is -0.508 e. The molecule has 0 fully saturated rings. The van der Waals surface area contributed by atoms with Gasteiger partial charge in [-0.3, -0.25) is 0 Å². The zero-order valence-electron chi connectivity index (χ0n) is 18.5. The van der Waals surface area contributed by atoms with E-state index in [4.69, 9.17) is 10.2 Å². The van der Waals surface area contributed by atoms with Crippen LogP contribution in [0.5, 0.6) is 11.5 Å². The van der Waals surface area contributed by atoms with Gasteiger partial charge in [-0.1, -0.05) is 97.1 Å². The average Bonchev–Trinajstić information content (AvgIpc) is 2.82. The molecule has 0 amide bonds. The monoisotopic (exact) mass is 424 g/mol. The smallest absolute Gasteiger partial charge is 0.115 e. The van der Waals surface area contributed by atoms with E-state index in [9.17, 15) is 0 Å². The molecule has 1 aliphatic rings. The second kappa shape index (κ2) is 13.5. The van der Waals surface area contributed by atoms with Gasteiger partial charge in [0.2, 0.25) is 0 Å². The molecule has 1 aliphatic carbocycles. The van der Waals surface area contributed by atoms with Gasteiger partial charge in [-0.05, 0) is 54.7 Å². The Balaban J connectivity index is 0.000000211. The second-order valence-electron chi connectivity index (χ2n) is 7.52. The van der Waals surface area contributed by atoms with Crippen molar-refractivity contribution in [1.82, 2.24) is 0 Å². The van der Waals surface area contributed by atoms with Crippen LogP contribution in [-0.4, -0.2) is 10.2 Å². The fourth-order valence-corrected chi connectivity index (χ4v) is 3.64. The first-order chi connectivity index (χ1) is 15.6. The first-order valence-electron chi connectivity index (χ1n) is 10.7. The van der Waals surface area contributed by atoms with E-state index in [2.05, 4.69) is 61.7 Å². The van der Waals surface area contributed by atoms with Crippen molar-refractivity contribution in [3.05, 3.63) is 140 Å². The third kappa shape index (κ3) is 7.81. The summed E-state index contributed by atoms with van der Waals surface area (Å²) >= 11 is 0. The van der Waals surface area contributed by atoms with E-state index in [0.29, 0.717) is 11.5 Å².